The zero-order valence-electron chi connectivity index (χ0n) is 12.2. The Morgan fingerprint density at radius 3 is 2.77 bits per heavy atom. The van der Waals surface area contributed by atoms with Crippen LogP contribution in [0.1, 0.15) is 28.8 Å². The molecule has 0 radical (unpaired) electrons. The van der Waals surface area contributed by atoms with Gasteiger partial charge in [0.15, 0.2) is 0 Å². The quantitative estimate of drug-likeness (QED) is 0.681. The van der Waals surface area contributed by atoms with Gasteiger partial charge in [0.25, 0.3) is 0 Å². The largest absolute Gasteiger partial charge is 0.433 e. The molecule has 1 aliphatic rings. The number of piperidine rings is 1. The lowest BCUT2D eigenvalue weighted by atomic mass is 10.0. The molecule has 1 aromatic rings. The highest BCUT2D eigenvalue weighted by Crippen LogP contribution is 2.33. The fraction of sp³-hybridized carbons (Fsp3) is 0.500. The van der Waals surface area contributed by atoms with Crippen LogP contribution in [0.5, 0.6) is 0 Å². The van der Waals surface area contributed by atoms with Gasteiger partial charge in [-0.1, -0.05) is 30.1 Å². The lowest BCUT2D eigenvalue weighted by molar-refractivity contribution is -0.0572. The van der Waals surface area contributed by atoms with E-state index in [0.29, 0.717) is 0 Å². The Balaban J connectivity index is 2.32. The van der Waals surface area contributed by atoms with Crippen molar-refractivity contribution in [2.45, 2.75) is 24.9 Å². The maximum atomic E-state index is 13.1. The van der Waals surface area contributed by atoms with Crippen LogP contribution in [0, 0.1) is 0 Å². The number of hydrogen-bond acceptors (Lipinski definition) is 5. The number of nitrogens with zero attached hydrogens (tertiary/aromatic N) is 3. The van der Waals surface area contributed by atoms with E-state index in [4.69, 9.17) is 0 Å². The van der Waals surface area contributed by atoms with Gasteiger partial charge in [-0.2, -0.15) is 13.2 Å². The van der Waals surface area contributed by atoms with E-state index in [1.54, 1.807) is 0 Å². The molecule has 0 spiro atoms. The molecule has 4 nitrogen and oxygen atoms in total. The van der Waals surface area contributed by atoms with Crippen LogP contribution in [0.2, 0.25) is 0 Å². The number of nitrogens with one attached hydrogen (secondary N) is 1. The molecule has 1 aliphatic heterocycles. The number of halogens is 3. The lowest BCUT2D eigenvalue weighted by Gasteiger charge is -2.19. The van der Waals surface area contributed by atoms with Gasteiger partial charge >= 0.3 is 6.18 Å². The SMILES string of the molecule is C=C/C=C(\C(=NC)C(F)(F)F)c1nnc(C2CCCNC2)s1. The van der Waals surface area contributed by atoms with Gasteiger partial charge in [-0.25, -0.2) is 0 Å². The first-order valence-corrected chi connectivity index (χ1v) is 7.70. The molecule has 22 heavy (non-hydrogen) atoms. The summed E-state index contributed by atoms with van der Waals surface area (Å²) in [7, 11) is 1.12. The first-order chi connectivity index (χ1) is 10.5. The number of allylic oxidation sites excluding steroid dienone is 3. The predicted octanol–water partition coefficient (Wildman–Crippen LogP) is 3.21. The standard InChI is InChI=1S/C14H17F3N4S/c1-3-5-10(11(18-2)14(15,16)17)13-21-20-12(22-13)9-6-4-7-19-8-9/h3,5,9,19H,1,4,6-8H2,2H3/b10-5+,18-11?. The predicted molar refractivity (Wildman–Crippen MR) is 82.3 cm³/mol. The topological polar surface area (TPSA) is 50.2 Å². The van der Waals surface area contributed by atoms with E-state index >= 15 is 0 Å². The molecule has 1 saturated heterocycles. The van der Waals surface area contributed by atoms with Gasteiger partial charge in [-0.3, -0.25) is 4.99 Å². The highest BCUT2D eigenvalue weighted by Gasteiger charge is 2.39. The molecule has 2 rings (SSSR count). The maximum Gasteiger partial charge on any atom is 0.433 e. The molecule has 0 bridgehead atoms. The van der Waals surface area contributed by atoms with Crippen molar-refractivity contribution in [3.8, 4) is 0 Å². The van der Waals surface area contributed by atoms with Crippen molar-refractivity contribution < 1.29 is 13.2 Å². The molecule has 1 aromatic heterocycles. The van der Waals surface area contributed by atoms with Crippen molar-refractivity contribution in [2.75, 3.05) is 20.1 Å². The molecule has 1 atom stereocenters. The summed E-state index contributed by atoms with van der Waals surface area (Å²) in [5, 5.41) is 12.2. The van der Waals surface area contributed by atoms with Crippen LogP contribution in [0.15, 0.2) is 23.7 Å². The second-order valence-electron chi connectivity index (χ2n) is 4.87. The average molecular weight is 330 g/mol. The van der Waals surface area contributed by atoms with Crippen LogP contribution < -0.4 is 5.32 Å². The Morgan fingerprint density at radius 2 is 2.23 bits per heavy atom. The van der Waals surface area contributed by atoms with E-state index in [1.807, 2.05) is 0 Å². The molecule has 8 heteroatoms. The van der Waals surface area contributed by atoms with Gasteiger partial charge in [-0.15, -0.1) is 10.2 Å². The number of hydrogen-bond donors (Lipinski definition) is 1. The molecular weight excluding hydrogens is 313 g/mol. The van der Waals surface area contributed by atoms with E-state index in [9.17, 15) is 13.2 Å². The van der Waals surface area contributed by atoms with Crippen molar-refractivity contribution in [1.29, 1.82) is 0 Å². The molecule has 0 aromatic carbocycles. The van der Waals surface area contributed by atoms with E-state index in [2.05, 4.69) is 27.1 Å². The third kappa shape index (κ3) is 3.80. The van der Waals surface area contributed by atoms with Gasteiger partial charge in [-0.05, 0) is 19.4 Å². The number of alkyl halides is 3. The van der Waals surface area contributed by atoms with Crippen molar-refractivity contribution in [3.05, 3.63) is 28.7 Å². The summed E-state index contributed by atoms with van der Waals surface area (Å²) in [6, 6.07) is 0. The van der Waals surface area contributed by atoms with Crippen LogP contribution in [0.4, 0.5) is 13.2 Å². The third-order valence-corrected chi connectivity index (χ3v) is 4.47. The second kappa shape index (κ2) is 7.15. The zero-order valence-corrected chi connectivity index (χ0v) is 13.0. The molecular formula is C14H17F3N4S. The second-order valence-corrected chi connectivity index (χ2v) is 5.88. The lowest BCUT2D eigenvalue weighted by Crippen LogP contribution is -2.28. The van der Waals surface area contributed by atoms with Crippen molar-refractivity contribution in [3.63, 3.8) is 0 Å². The molecule has 1 unspecified atom stereocenters. The minimum Gasteiger partial charge on any atom is -0.316 e. The van der Waals surface area contributed by atoms with Crippen LogP contribution in [0.25, 0.3) is 5.57 Å². The van der Waals surface area contributed by atoms with Crippen LogP contribution in [-0.2, 0) is 0 Å². The molecule has 0 saturated carbocycles. The van der Waals surface area contributed by atoms with Crippen LogP contribution in [0.3, 0.4) is 0 Å². The van der Waals surface area contributed by atoms with Gasteiger partial charge < -0.3 is 5.32 Å². The van der Waals surface area contributed by atoms with Crippen LogP contribution >= 0.6 is 11.3 Å². The van der Waals surface area contributed by atoms with Crippen molar-refractivity contribution in [1.82, 2.24) is 15.5 Å². The molecule has 0 aliphatic carbocycles. The van der Waals surface area contributed by atoms with Gasteiger partial charge in [0.05, 0.1) is 0 Å². The minimum atomic E-state index is -4.54. The Hall–Kier alpha value is -1.54. The molecule has 0 amide bonds. The van der Waals surface area contributed by atoms with Gasteiger partial charge in [0.2, 0.25) is 0 Å². The van der Waals surface area contributed by atoms with E-state index in [-0.39, 0.29) is 16.5 Å². The number of rotatable bonds is 4. The molecule has 1 N–H and O–H groups in total. The van der Waals surface area contributed by atoms with E-state index in [1.165, 1.54) is 23.5 Å². The molecule has 1 fully saturated rings. The summed E-state index contributed by atoms with van der Waals surface area (Å²) < 4.78 is 39.2. The van der Waals surface area contributed by atoms with Crippen LogP contribution in [-0.4, -0.2) is 42.2 Å². The summed E-state index contributed by atoms with van der Waals surface area (Å²) in [5.41, 5.74) is -1.05. The summed E-state index contributed by atoms with van der Waals surface area (Å²) in [5.74, 6) is 0.206. The Kier molecular flexibility index (Phi) is 5.47. The molecule has 120 valence electrons. The first kappa shape index (κ1) is 16.8. The highest BCUT2D eigenvalue weighted by atomic mass is 32.1. The van der Waals surface area contributed by atoms with Crippen molar-refractivity contribution in [2.24, 2.45) is 4.99 Å². The smallest absolute Gasteiger partial charge is 0.316 e. The van der Waals surface area contributed by atoms with E-state index in [0.717, 1.165) is 38.0 Å². The average Bonchev–Trinajstić information content (AvgIpc) is 2.96. The fourth-order valence-electron chi connectivity index (χ4n) is 2.34. The Labute approximate surface area is 130 Å². The highest BCUT2D eigenvalue weighted by molar-refractivity contribution is 7.12. The summed E-state index contributed by atoms with van der Waals surface area (Å²) in [4.78, 5) is 3.38. The fourth-order valence-corrected chi connectivity index (χ4v) is 3.34. The van der Waals surface area contributed by atoms with Crippen molar-refractivity contribution >= 4 is 22.6 Å². The van der Waals surface area contributed by atoms with E-state index < -0.39 is 11.9 Å². The first-order valence-electron chi connectivity index (χ1n) is 6.89. The van der Waals surface area contributed by atoms with Gasteiger partial charge in [0.1, 0.15) is 15.7 Å². The van der Waals surface area contributed by atoms with Gasteiger partial charge in [0, 0.05) is 25.1 Å². The Morgan fingerprint density at radius 1 is 1.45 bits per heavy atom. The number of aliphatic imine (C=N–C) groups is 1. The maximum absolute atomic E-state index is 13.1. The third-order valence-electron chi connectivity index (χ3n) is 3.35. The zero-order chi connectivity index (χ0) is 16.2. The summed E-state index contributed by atoms with van der Waals surface area (Å²) in [6.07, 6.45) is 0.0336. The number of aromatic nitrogens is 2. The minimum absolute atomic E-state index is 0.0856. The Bertz CT molecular complexity index is 583. The monoisotopic (exact) mass is 330 g/mol. The summed E-state index contributed by atoms with van der Waals surface area (Å²) in [6.45, 7) is 5.21. The normalized spacial score (nSPS) is 21.0. The molecule has 2 heterocycles. The summed E-state index contributed by atoms with van der Waals surface area (Å²) >= 11 is 1.19.